The van der Waals surface area contributed by atoms with Crippen molar-refractivity contribution in [1.82, 2.24) is 0 Å². The van der Waals surface area contributed by atoms with Crippen LogP contribution in [0.25, 0.3) is 0 Å². The molecule has 0 aliphatic rings. The molecule has 0 bridgehead atoms. The molecular weight excluding hydrogens is 448 g/mol. The average molecular weight is 463 g/mol. The van der Waals surface area contributed by atoms with E-state index in [9.17, 15) is 26.4 Å². The van der Waals surface area contributed by atoms with Gasteiger partial charge in [-0.1, -0.05) is 21.6 Å². The summed E-state index contributed by atoms with van der Waals surface area (Å²) in [5.74, 6) is -1.76. The van der Waals surface area contributed by atoms with Crippen LogP contribution < -0.4 is 21.7 Å². The summed E-state index contributed by atoms with van der Waals surface area (Å²) in [6, 6.07) is 7.15. The molecule has 150 valence electrons. The van der Waals surface area contributed by atoms with Gasteiger partial charge in [0.25, 0.3) is 0 Å². The Morgan fingerprint density at radius 1 is 0.679 bits per heavy atom. The molecule has 0 aromatic heterocycles. The Morgan fingerprint density at radius 3 is 1.25 bits per heavy atom. The van der Waals surface area contributed by atoms with E-state index in [0.29, 0.717) is 9.79 Å². The van der Waals surface area contributed by atoms with Crippen molar-refractivity contribution in [2.24, 2.45) is 21.7 Å². The van der Waals surface area contributed by atoms with Crippen molar-refractivity contribution in [2.45, 2.75) is 19.6 Å². The van der Waals surface area contributed by atoms with Crippen LogP contribution in [0.1, 0.15) is 20.7 Å². The van der Waals surface area contributed by atoms with E-state index in [2.05, 4.69) is 0 Å². The minimum absolute atomic E-state index is 0.0918. The van der Waals surface area contributed by atoms with E-state index < -0.39 is 31.9 Å². The second-order valence-electron chi connectivity index (χ2n) is 5.30. The minimum atomic E-state index is -4.03. The Morgan fingerprint density at radius 2 is 1.00 bits per heavy atom. The van der Waals surface area contributed by atoms with E-state index in [1.165, 1.54) is 24.3 Å². The Bertz CT molecular complexity index is 1080. The summed E-state index contributed by atoms with van der Waals surface area (Å²) >= 11 is 0. The first kappa shape index (κ1) is 22.2. The quantitative estimate of drug-likeness (QED) is 0.410. The van der Waals surface area contributed by atoms with Crippen molar-refractivity contribution >= 4 is 53.4 Å². The number of sulfonamides is 2. The van der Waals surface area contributed by atoms with E-state index in [0.717, 1.165) is 33.7 Å². The summed E-state index contributed by atoms with van der Waals surface area (Å²) in [5, 5.41) is 10.1. The molecular formula is C14H14N4O6S4. The number of benzene rings is 2. The van der Waals surface area contributed by atoms with E-state index in [1.54, 1.807) is 0 Å². The van der Waals surface area contributed by atoms with Crippen LogP contribution in [0.15, 0.2) is 56.0 Å². The van der Waals surface area contributed by atoms with Crippen molar-refractivity contribution in [3.05, 3.63) is 47.5 Å². The first-order valence-corrected chi connectivity index (χ1v) is 12.3. The summed E-state index contributed by atoms with van der Waals surface area (Å²) in [5.41, 5.74) is 10.4. The largest absolute Gasteiger partial charge is 0.366 e. The number of carbonyl (C=O) groups excluding carboxylic acids is 2. The Hall–Kier alpha value is -2.10. The van der Waals surface area contributed by atoms with Crippen molar-refractivity contribution in [1.29, 1.82) is 0 Å². The third-order valence-corrected chi connectivity index (χ3v) is 7.62. The van der Waals surface area contributed by atoms with Crippen LogP contribution in [0.4, 0.5) is 0 Å². The van der Waals surface area contributed by atoms with Crippen molar-refractivity contribution in [3.8, 4) is 0 Å². The molecule has 10 nitrogen and oxygen atoms in total. The maximum atomic E-state index is 11.7. The molecule has 0 saturated heterocycles. The second kappa shape index (κ2) is 8.10. The average Bonchev–Trinajstić information content (AvgIpc) is 2.57. The zero-order valence-corrected chi connectivity index (χ0v) is 17.1. The predicted molar refractivity (Wildman–Crippen MR) is 104 cm³/mol. The Balaban J connectivity index is 2.41. The number of amides is 2. The molecule has 0 spiro atoms. The Kier molecular flexibility index (Phi) is 6.42. The second-order valence-corrected chi connectivity index (χ2v) is 10.6. The topological polar surface area (TPSA) is 206 Å². The van der Waals surface area contributed by atoms with Crippen LogP contribution >= 0.6 is 21.6 Å². The molecule has 2 rings (SSSR count). The molecule has 0 aliphatic carbocycles. The molecule has 14 heteroatoms. The third-order valence-electron chi connectivity index (χ3n) is 3.31. The highest BCUT2D eigenvalue weighted by Gasteiger charge is 2.18. The first-order chi connectivity index (χ1) is 12.8. The number of nitrogens with two attached hydrogens (primary N) is 4. The van der Waals surface area contributed by atoms with Crippen molar-refractivity contribution in [3.63, 3.8) is 0 Å². The monoisotopic (exact) mass is 462 g/mol. The van der Waals surface area contributed by atoms with Gasteiger partial charge in [-0.05, 0) is 36.4 Å². The molecule has 0 aliphatic heterocycles. The molecule has 2 aromatic carbocycles. The van der Waals surface area contributed by atoms with Gasteiger partial charge < -0.3 is 11.5 Å². The van der Waals surface area contributed by atoms with Crippen LogP contribution in [0.5, 0.6) is 0 Å². The highest BCUT2D eigenvalue weighted by molar-refractivity contribution is 8.76. The lowest BCUT2D eigenvalue weighted by Gasteiger charge is -2.10. The lowest BCUT2D eigenvalue weighted by atomic mass is 10.2. The molecule has 0 heterocycles. The number of hydrogen-bond acceptors (Lipinski definition) is 8. The summed E-state index contributed by atoms with van der Waals surface area (Å²) in [4.78, 5) is 23.3. The standard InChI is InChI=1S/C14H14N4O6S4/c15-13(19)9-5-7(27(17,21)22)1-3-11(9)25-26-12-4-2-8(28(18,23)24)6-10(12)14(16)20/h1-6H,(H2,15,19)(H2,16,20)(H2,17,21,22)(H2,18,23,24). The number of hydrogen-bond donors (Lipinski definition) is 4. The van der Waals surface area contributed by atoms with Gasteiger partial charge in [0.15, 0.2) is 0 Å². The SMILES string of the molecule is NC(=O)c1cc(S(N)(=O)=O)ccc1SSc1ccc(S(N)(=O)=O)cc1C(N)=O. The highest BCUT2D eigenvalue weighted by Crippen LogP contribution is 2.41. The molecule has 2 amide bonds. The molecule has 0 unspecified atom stereocenters. The number of primary sulfonamides is 2. The van der Waals surface area contributed by atoms with Gasteiger partial charge in [-0.3, -0.25) is 9.59 Å². The van der Waals surface area contributed by atoms with E-state index in [4.69, 9.17) is 21.7 Å². The van der Waals surface area contributed by atoms with Crippen molar-refractivity contribution in [2.75, 3.05) is 0 Å². The summed E-state index contributed by atoms with van der Waals surface area (Å²) in [7, 11) is -6.10. The summed E-state index contributed by atoms with van der Waals surface area (Å²) in [6.45, 7) is 0. The Labute approximate surface area is 168 Å². The van der Waals surface area contributed by atoms with Crippen LogP contribution in [0.3, 0.4) is 0 Å². The maximum Gasteiger partial charge on any atom is 0.249 e. The lowest BCUT2D eigenvalue weighted by Crippen LogP contribution is -2.17. The molecule has 2 aromatic rings. The van der Waals surface area contributed by atoms with Gasteiger partial charge in [0.05, 0.1) is 20.9 Å². The van der Waals surface area contributed by atoms with Gasteiger partial charge in [-0.2, -0.15) is 0 Å². The van der Waals surface area contributed by atoms with E-state index in [-0.39, 0.29) is 20.9 Å². The fourth-order valence-electron chi connectivity index (χ4n) is 1.99. The number of carbonyl (C=O) groups is 2. The smallest absolute Gasteiger partial charge is 0.249 e. The van der Waals surface area contributed by atoms with Crippen LogP contribution in [-0.4, -0.2) is 28.6 Å². The number of primary amides is 2. The first-order valence-electron chi connectivity index (χ1n) is 7.08. The van der Waals surface area contributed by atoms with Crippen LogP contribution in [0.2, 0.25) is 0 Å². The minimum Gasteiger partial charge on any atom is -0.366 e. The third kappa shape index (κ3) is 5.24. The number of rotatable bonds is 7. The molecule has 0 radical (unpaired) electrons. The zero-order valence-electron chi connectivity index (χ0n) is 13.9. The van der Waals surface area contributed by atoms with Gasteiger partial charge in [-0.15, -0.1) is 0 Å². The highest BCUT2D eigenvalue weighted by atomic mass is 33.1. The van der Waals surface area contributed by atoms with Crippen LogP contribution in [0, 0.1) is 0 Å². The van der Waals surface area contributed by atoms with E-state index >= 15 is 0 Å². The molecule has 0 atom stereocenters. The molecule has 0 fully saturated rings. The molecule has 8 N–H and O–H groups in total. The fourth-order valence-corrected chi connectivity index (χ4v) is 5.41. The van der Waals surface area contributed by atoms with Crippen molar-refractivity contribution < 1.29 is 26.4 Å². The summed E-state index contributed by atoms with van der Waals surface area (Å²) < 4.78 is 45.7. The zero-order chi connectivity index (χ0) is 21.3. The summed E-state index contributed by atoms with van der Waals surface area (Å²) in [6.07, 6.45) is 0. The van der Waals surface area contributed by atoms with Gasteiger partial charge in [0.2, 0.25) is 31.9 Å². The molecule has 0 saturated carbocycles. The molecule has 28 heavy (non-hydrogen) atoms. The fraction of sp³-hybridized carbons (Fsp3) is 0. The predicted octanol–water partition coefficient (Wildman–Crippen LogP) is -0.0214. The van der Waals surface area contributed by atoms with E-state index in [1.807, 2.05) is 0 Å². The van der Waals surface area contributed by atoms with Gasteiger partial charge in [0.1, 0.15) is 0 Å². The van der Waals surface area contributed by atoms with Gasteiger partial charge >= 0.3 is 0 Å². The maximum absolute atomic E-state index is 11.7. The van der Waals surface area contributed by atoms with Crippen LogP contribution in [-0.2, 0) is 20.0 Å². The lowest BCUT2D eigenvalue weighted by molar-refractivity contribution is 0.0989. The normalized spacial score (nSPS) is 11.9. The van der Waals surface area contributed by atoms with Gasteiger partial charge in [0, 0.05) is 9.79 Å². The van der Waals surface area contributed by atoms with Gasteiger partial charge in [-0.25, -0.2) is 27.1 Å².